The first-order chi connectivity index (χ1) is 10.7. The first-order valence-electron chi connectivity index (χ1n) is 7.50. The first-order valence-corrected chi connectivity index (χ1v) is 9.32. The number of hydrogen-bond acceptors (Lipinski definition) is 6. The Bertz CT molecular complexity index is 642. The van der Waals surface area contributed by atoms with Crippen LogP contribution in [0.25, 0.3) is 0 Å². The van der Waals surface area contributed by atoms with Gasteiger partial charge in [0.1, 0.15) is 6.61 Å². The molecule has 1 N–H and O–H groups in total. The molecule has 128 valence electrons. The molecule has 0 spiro atoms. The predicted molar refractivity (Wildman–Crippen MR) is 86.1 cm³/mol. The largest absolute Gasteiger partial charge is 0.461 e. The van der Waals surface area contributed by atoms with Crippen molar-refractivity contribution in [2.45, 2.75) is 38.5 Å². The van der Waals surface area contributed by atoms with Crippen molar-refractivity contribution in [2.75, 3.05) is 12.9 Å². The van der Waals surface area contributed by atoms with E-state index in [1.54, 1.807) is 0 Å². The van der Waals surface area contributed by atoms with Gasteiger partial charge < -0.3 is 10.1 Å². The Morgan fingerprint density at radius 2 is 1.96 bits per heavy atom. The maximum atomic E-state index is 12.4. The minimum Gasteiger partial charge on any atom is -0.461 e. The highest BCUT2D eigenvalue weighted by Gasteiger charge is 2.45. The minimum absolute atomic E-state index is 0.0186. The molecule has 0 aliphatic carbocycles. The molecule has 7 heteroatoms. The molecule has 1 heterocycles. The lowest BCUT2D eigenvalue weighted by Gasteiger charge is -2.25. The van der Waals surface area contributed by atoms with Gasteiger partial charge in [-0.05, 0) is 25.8 Å². The highest BCUT2D eigenvalue weighted by molar-refractivity contribution is 7.85. The summed E-state index contributed by atoms with van der Waals surface area (Å²) in [6, 6.07) is 9.28. The number of rotatable bonds is 6. The smallest absolute Gasteiger partial charge is 0.311 e. The fraction of sp³-hybridized carbons (Fsp3) is 0.562. The second kappa shape index (κ2) is 6.98. The second-order valence-electron chi connectivity index (χ2n) is 6.43. The number of hydrogen-bond donors (Lipinski definition) is 1. The molecule has 6 nitrogen and oxygen atoms in total. The molecule has 1 saturated heterocycles. The van der Waals surface area contributed by atoms with Gasteiger partial charge in [-0.1, -0.05) is 30.3 Å². The Labute approximate surface area is 137 Å². The Kier molecular flexibility index (Phi) is 5.44. The molecule has 2 unspecified atom stereocenters. The van der Waals surface area contributed by atoms with E-state index >= 15 is 0 Å². The molecule has 1 fully saturated rings. The number of nitrogens with one attached hydrogen (secondary N) is 1. The average molecular weight is 341 g/mol. The summed E-state index contributed by atoms with van der Waals surface area (Å²) in [4.78, 5) is 12.4. The van der Waals surface area contributed by atoms with E-state index in [9.17, 15) is 13.2 Å². The van der Waals surface area contributed by atoms with Crippen LogP contribution in [0.2, 0.25) is 0 Å². The fourth-order valence-corrected chi connectivity index (χ4v) is 3.21. The molecule has 2 rings (SSSR count). The van der Waals surface area contributed by atoms with Gasteiger partial charge in [0.25, 0.3) is 10.1 Å². The van der Waals surface area contributed by atoms with Crippen molar-refractivity contribution < 1.29 is 22.1 Å². The standard InChI is InChI=1S/C16H23NO5S/c1-16(2)14(9-13(17-16)11-22-23(3,19)20)15(18)21-10-12-7-5-4-6-8-12/h4-8,13-14,17H,9-11H2,1-3H3. The lowest BCUT2D eigenvalue weighted by Crippen LogP contribution is -2.44. The molecule has 1 aromatic rings. The van der Waals surface area contributed by atoms with E-state index in [2.05, 4.69) is 5.32 Å². The molecule has 0 saturated carbocycles. The van der Waals surface area contributed by atoms with Gasteiger partial charge in [-0.25, -0.2) is 0 Å². The van der Waals surface area contributed by atoms with Crippen molar-refractivity contribution in [3.05, 3.63) is 35.9 Å². The number of benzene rings is 1. The van der Waals surface area contributed by atoms with Gasteiger partial charge >= 0.3 is 5.97 Å². The zero-order valence-electron chi connectivity index (χ0n) is 13.6. The van der Waals surface area contributed by atoms with Gasteiger partial charge in [0, 0.05) is 11.6 Å². The van der Waals surface area contributed by atoms with Crippen LogP contribution in [0.3, 0.4) is 0 Å². The van der Waals surface area contributed by atoms with E-state index in [1.165, 1.54) is 0 Å². The normalized spacial score (nSPS) is 23.6. The van der Waals surface area contributed by atoms with Crippen molar-refractivity contribution in [1.29, 1.82) is 0 Å². The van der Waals surface area contributed by atoms with Gasteiger partial charge in [0.15, 0.2) is 0 Å². The SMILES string of the molecule is CC1(C)NC(COS(C)(=O)=O)CC1C(=O)OCc1ccccc1. The summed E-state index contributed by atoms with van der Waals surface area (Å²) in [5.74, 6) is -0.632. The van der Waals surface area contributed by atoms with E-state index < -0.39 is 15.7 Å². The van der Waals surface area contributed by atoms with Gasteiger partial charge in [-0.2, -0.15) is 8.42 Å². The molecular weight excluding hydrogens is 318 g/mol. The third kappa shape index (κ3) is 5.30. The molecule has 0 radical (unpaired) electrons. The summed E-state index contributed by atoms with van der Waals surface area (Å²) in [7, 11) is -3.49. The Morgan fingerprint density at radius 3 is 2.57 bits per heavy atom. The minimum atomic E-state index is -3.49. The lowest BCUT2D eigenvalue weighted by molar-refractivity contribution is -0.151. The maximum Gasteiger partial charge on any atom is 0.311 e. The van der Waals surface area contributed by atoms with Crippen LogP contribution in [0.15, 0.2) is 30.3 Å². The third-order valence-electron chi connectivity index (χ3n) is 3.96. The number of ether oxygens (including phenoxy) is 1. The average Bonchev–Trinajstić information content (AvgIpc) is 2.78. The molecule has 0 aromatic heterocycles. The number of carbonyl (C=O) groups excluding carboxylic acids is 1. The van der Waals surface area contributed by atoms with Crippen LogP contribution >= 0.6 is 0 Å². The number of esters is 1. The first kappa shape index (κ1) is 17.9. The highest BCUT2D eigenvalue weighted by atomic mass is 32.2. The van der Waals surface area contributed by atoms with Crippen LogP contribution < -0.4 is 5.32 Å². The summed E-state index contributed by atoms with van der Waals surface area (Å²) in [5.41, 5.74) is 0.459. The van der Waals surface area contributed by atoms with Gasteiger partial charge in [0.2, 0.25) is 0 Å². The molecule has 1 aromatic carbocycles. The van der Waals surface area contributed by atoms with Crippen molar-refractivity contribution in [1.82, 2.24) is 5.32 Å². The number of carbonyl (C=O) groups is 1. The maximum absolute atomic E-state index is 12.4. The third-order valence-corrected chi connectivity index (χ3v) is 4.52. The summed E-state index contributed by atoms with van der Waals surface area (Å²) in [6.45, 7) is 4.06. The van der Waals surface area contributed by atoms with E-state index in [4.69, 9.17) is 8.92 Å². The van der Waals surface area contributed by atoms with E-state index in [1.807, 2.05) is 44.2 Å². The van der Waals surface area contributed by atoms with Crippen LogP contribution in [0.4, 0.5) is 0 Å². The Morgan fingerprint density at radius 1 is 1.30 bits per heavy atom. The van der Waals surface area contributed by atoms with Crippen LogP contribution in [-0.4, -0.2) is 38.8 Å². The van der Waals surface area contributed by atoms with Crippen molar-refractivity contribution in [3.63, 3.8) is 0 Å². The predicted octanol–water partition coefficient (Wildman–Crippen LogP) is 1.46. The van der Waals surface area contributed by atoms with Crippen LogP contribution in [-0.2, 0) is 30.4 Å². The molecule has 0 amide bonds. The van der Waals surface area contributed by atoms with Gasteiger partial charge in [0.05, 0.1) is 18.8 Å². The van der Waals surface area contributed by atoms with Gasteiger partial charge in [-0.3, -0.25) is 8.98 Å². The Hall–Kier alpha value is -1.44. The fourth-order valence-electron chi connectivity index (χ4n) is 2.80. The zero-order chi connectivity index (χ0) is 17.1. The summed E-state index contributed by atoms with van der Waals surface area (Å²) < 4.78 is 32.4. The molecule has 23 heavy (non-hydrogen) atoms. The quantitative estimate of drug-likeness (QED) is 0.623. The topological polar surface area (TPSA) is 81.7 Å². The van der Waals surface area contributed by atoms with Crippen molar-refractivity contribution in [2.24, 2.45) is 5.92 Å². The summed E-state index contributed by atoms with van der Waals surface area (Å²) in [5, 5.41) is 3.24. The Balaban J connectivity index is 1.91. The summed E-state index contributed by atoms with van der Waals surface area (Å²) >= 11 is 0. The second-order valence-corrected chi connectivity index (χ2v) is 8.08. The van der Waals surface area contributed by atoms with E-state index in [0.717, 1.165) is 11.8 Å². The highest BCUT2D eigenvalue weighted by Crippen LogP contribution is 2.31. The molecule has 1 aliphatic rings. The van der Waals surface area contributed by atoms with Crippen LogP contribution in [0.1, 0.15) is 25.8 Å². The van der Waals surface area contributed by atoms with Crippen molar-refractivity contribution in [3.8, 4) is 0 Å². The monoisotopic (exact) mass is 341 g/mol. The summed E-state index contributed by atoms with van der Waals surface area (Å²) in [6.07, 6.45) is 1.49. The van der Waals surface area contributed by atoms with E-state index in [-0.39, 0.29) is 31.1 Å². The van der Waals surface area contributed by atoms with Gasteiger partial charge in [-0.15, -0.1) is 0 Å². The zero-order valence-corrected chi connectivity index (χ0v) is 14.4. The van der Waals surface area contributed by atoms with Crippen LogP contribution in [0.5, 0.6) is 0 Å². The molecular formula is C16H23NO5S. The lowest BCUT2D eigenvalue weighted by atomic mass is 9.89. The molecule has 0 bridgehead atoms. The molecule has 1 aliphatic heterocycles. The van der Waals surface area contributed by atoms with Crippen LogP contribution in [0, 0.1) is 5.92 Å². The van der Waals surface area contributed by atoms with Crippen molar-refractivity contribution >= 4 is 16.1 Å². The van der Waals surface area contributed by atoms with E-state index in [0.29, 0.717) is 6.42 Å². The molecule has 2 atom stereocenters.